The highest BCUT2D eigenvalue weighted by Gasteiger charge is 2.11. The van der Waals surface area contributed by atoms with Crippen LogP contribution in [-0.2, 0) is 11.2 Å². The summed E-state index contributed by atoms with van der Waals surface area (Å²) in [5.41, 5.74) is 3.40. The van der Waals surface area contributed by atoms with Crippen LogP contribution in [0.1, 0.15) is 11.1 Å². The van der Waals surface area contributed by atoms with Gasteiger partial charge >= 0.3 is 0 Å². The summed E-state index contributed by atoms with van der Waals surface area (Å²) in [6.45, 7) is 2.08. The first-order valence-corrected chi connectivity index (χ1v) is 8.23. The fourth-order valence-electron chi connectivity index (χ4n) is 2.32. The summed E-state index contributed by atoms with van der Waals surface area (Å²) >= 11 is 5.26. The molecule has 1 aromatic heterocycles. The van der Waals surface area contributed by atoms with E-state index in [0.29, 0.717) is 6.42 Å². The molecule has 3 rings (SSSR count). The third-order valence-electron chi connectivity index (χ3n) is 3.36. The molecule has 0 bridgehead atoms. The first kappa shape index (κ1) is 14.4. The van der Waals surface area contributed by atoms with Gasteiger partial charge in [0.05, 0.1) is 5.52 Å². The van der Waals surface area contributed by atoms with Crippen LogP contribution in [0.2, 0.25) is 0 Å². The molecule has 1 heterocycles. The Morgan fingerprint density at radius 2 is 1.95 bits per heavy atom. The molecule has 3 aromatic rings. The van der Waals surface area contributed by atoms with Gasteiger partial charge in [0.25, 0.3) is 0 Å². The second-order valence-electron chi connectivity index (χ2n) is 4.89. The first-order valence-electron chi connectivity index (χ1n) is 6.66. The molecule has 0 saturated carbocycles. The standard InChI is InChI=1S/C17H14BrNOS/c1-12-5-7-14(8-6-12)21-19-11-16(18)15-4-2-3-13(9-10-20)17(15)19/h2-8,10-11H,9H2,1H3. The molecule has 4 heteroatoms. The molecule has 0 fully saturated rings. The highest BCUT2D eigenvalue weighted by molar-refractivity contribution is 9.10. The number of aromatic nitrogens is 1. The zero-order valence-corrected chi connectivity index (χ0v) is 13.9. The van der Waals surface area contributed by atoms with Crippen molar-refractivity contribution in [3.05, 3.63) is 64.3 Å². The monoisotopic (exact) mass is 359 g/mol. The number of halogens is 1. The molecular weight excluding hydrogens is 346 g/mol. The van der Waals surface area contributed by atoms with Gasteiger partial charge in [0, 0.05) is 27.4 Å². The lowest BCUT2D eigenvalue weighted by molar-refractivity contribution is -0.107. The third kappa shape index (κ3) is 2.92. The van der Waals surface area contributed by atoms with E-state index in [4.69, 9.17) is 0 Å². The van der Waals surface area contributed by atoms with Crippen LogP contribution in [0.25, 0.3) is 10.9 Å². The summed E-state index contributed by atoms with van der Waals surface area (Å²) in [5, 5.41) is 1.13. The van der Waals surface area contributed by atoms with Crippen LogP contribution >= 0.6 is 27.9 Å². The number of carbonyl (C=O) groups excluding carboxylic acids is 1. The van der Waals surface area contributed by atoms with Gasteiger partial charge in [0.2, 0.25) is 0 Å². The molecule has 21 heavy (non-hydrogen) atoms. The molecule has 0 N–H and O–H groups in total. The Balaban J connectivity index is 2.09. The Bertz CT molecular complexity index is 792. The highest BCUT2D eigenvalue weighted by atomic mass is 79.9. The van der Waals surface area contributed by atoms with Gasteiger partial charge < -0.3 is 4.79 Å². The van der Waals surface area contributed by atoms with Gasteiger partial charge in [-0.1, -0.05) is 35.9 Å². The number of benzene rings is 2. The third-order valence-corrected chi connectivity index (χ3v) is 4.96. The fraction of sp³-hybridized carbons (Fsp3) is 0.118. The topological polar surface area (TPSA) is 22.0 Å². The second-order valence-corrected chi connectivity index (χ2v) is 6.79. The normalized spacial score (nSPS) is 11.0. The zero-order chi connectivity index (χ0) is 14.8. The van der Waals surface area contributed by atoms with Crippen molar-refractivity contribution < 1.29 is 4.79 Å². The number of fused-ring (bicyclic) bond motifs is 1. The van der Waals surface area contributed by atoms with E-state index in [2.05, 4.69) is 63.4 Å². The van der Waals surface area contributed by atoms with E-state index in [1.807, 2.05) is 12.1 Å². The Hall–Kier alpha value is -1.52. The predicted molar refractivity (Wildman–Crippen MR) is 91.8 cm³/mol. The summed E-state index contributed by atoms with van der Waals surface area (Å²) in [6.07, 6.45) is 3.45. The number of nitrogens with zero attached hydrogens (tertiary/aromatic N) is 1. The molecule has 0 aliphatic carbocycles. The van der Waals surface area contributed by atoms with Crippen LogP contribution in [0, 0.1) is 6.92 Å². The summed E-state index contributed by atoms with van der Waals surface area (Å²) < 4.78 is 3.17. The van der Waals surface area contributed by atoms with Gasteiger partial charge in [-0.3, -0.25) is 3.97 Å². The largest absolute Gasteiger partial charge is 0.303 e. The van der Waals surface area contributed by atoms with Crippen LogP contribution in [0.15, 0.2) is 58.0 Å². The fourth-order valence-corrected chi connectivity index (χ4v) is 3.93. The minimum Gasteiger partial charge on any atom is -0.303 e. The predicted octanol–water partition coefficient (Wildman–Crippen LogP) is 5.01. The number of aryl methyl sites for hydroxylation is 1. The maximum atomic E-state index is 10.9. The molecule has 2 nitrogen and oxygen atoms in total. The maximum Gasteiger partial charge on any atom is 0.124 e. The van der Waals surface area contributed by atoms with E-state index < -0.39 is 0 Å². The molecule has 0 unspecified atom stereocenters. The van der Waals surface area contributed by atoms with Crippen molar-refractivity contribution in [3.8, 4) is 0 Å². The summed E-state index contributed by atoms with van der Waals surface area (Å²) in [5.74, 6) is 0. The molecular formula is C17H14BrNOS. The Labute approximate surface area is 136 Å². The minimum atomic E-state index is 0.433. The number of aldehydes is 1. The van der Waals surface area contributed by atoms with Gasteiger partial charge in [0.1, 0.15) is 6.29 Å². The number of hydrogen-bond donors (Lipinski definition) is 0. The molecule has 2 aromatic carbocycles. The van der Waals surface area contributed by atoms with E-state index in [9.17, 15) is 4.79 Å². The smallest absolute Gasteiger partial charge is 0.124 e. The first-order chi connectivity index (χ1) is 10.2. The van der Waals surface area contributed by atoms with Crippen LogP contribution in [0.4, 0.5) is 0 Å². The highest BCUT2D eigenvalue weighted by Crippen LogP contribution is 2.34. The van der Waals surface area contributed by atoms with E-state index in [-0.39, 0.29) is 0 Å². The molecule has 0 radical (unpaired) electrons. The molecule has 0 amide bonds. The van der Waals surface area contributed by atoms with Crippen LogP contribution in [0.5, 0.6) is 0 Å². The van der Waals surface area contributed by atoms with Gasteiger partial charge in [0.15, 0.2) is 0 Å². The lowest BCUT2D eigenvalue weighted by Gasteiger charge is -2.07. The van der Waals surface area contributed by atoms with Crippen molar-refractivity contribution in [1.82, 2.24) is 3.97 Å². The van der Waals surface area contributed by atoms with Crippen molar-refractivity contribution >= 4 is 45.1 Å². The maximum absolute atomic E-state index is 10.9. The number of para-hydroxylation sites is 1. The van der Waals surface area contributed by atoms with E-state index in [0.717, 1.165) is 27.2 Å². The van der Waals surface area contributed by atoms with E-state index in [1.165, 1.54) is 10.5 Å². The van der Waals surface area contributed by atoms with E-state index >= 15 is 0 Å². The van der Waals surface area contributed by atoms with Gasteiger partial charge in [-0.25, -0.2) is 0 Å². The van der Waals surface area contributed by atoms with Crippen molar-refractivity contribution in [1.29, 1.82) is 0 Å². The number of hydrogen-bond acceptors (Lipinski definition) is 2. The summed E-state index contributed by atoms with van der Waals surface area (Å²) in [7, 11) is 0. The number of rotatable bonds is 4. The zero-order valence-electron chi connectivity index (χ0n) is 11.5. The molecule has 0 aliphatic heterocycles. The Morgan fingerprint density at radius 1 is 1.19 bits per heavy atom. The average Bonchev–Trinajstić information content (AvgIpc) is 2.80. The van der Waals surface area contributed by atoms with Gasteiger partial charge in [-0.2, -0.15) is 0 Å². The molecule has 0 spiro atoms. The minimum absolute atomic E-state index is 0.433. The van der Waals surface area contributed by atoms with Crippen LogP contribution in [0.3, 0.4) is 0 Å². The van der Waals surface area contributed by atoms with E-state index in [1.54, 1.807) is 11.9 Å². The van der Waals surface area contributed by atoms with Gasteiger partial charge in [-0.05, 0) is 52.5 Å². The van der Waals surface area contributed by atoms with Crippen LogP contribution < -0.4 is 0 Å². The van der Waals surface area contributed by atoms with Crippen molar-refractivity contribution in [2.45, 2.75) is 18.2 Å². The van der Waals surface area contributed by atoms with Crippen molar-refractivity contribution in [2.24, 2.45) is 0 Å². The molecule has 106 valence electrons. The second kappa shape index (κ2) is 6.08. The lowest BCUT2D eigenvalue weighted by Crippen LogP contribution is -1.92. The lowest BCUT2D eigenvalue weighted by atomic mass is 10.1. The SMILES string of the molecule is Cc1ccc(Sn2cc(Br)c3cccc(CC=O)c32)cc1. The molecule has 0 saturated heterocycles. The molecule has 0 aliphatic rings. The van der Waals surface area contributed by atoms with Gasteiger partial charge in [-0.15, -0.1) is 0 Å². The molecule has 0 atom stereocenters. The summed E-state index contributed by atoms with van der Waals surface area (Å²) in [4.78, 5) is 12.1. The average molecular weight is 360 g/mol. The Kier molecular flexibility index (Phi) is 4.17. The van der Waals surface area contributed by atoms with Crippen LogP contribution in [-0.4, -0.2) is 10.3 Å². The van der Waals surface area contributed by atoms with Crippen molar-refractivity contribution in [2.75, 3.05) is 0 Å². The quantitative estimate of drug-likeness (QED) is 0.610. The van der Waals surface area contributed by atoms with Crippen molar-refractivity contribution in [3.63, 3.8) is 0 Å². The Morgan fingerprint density at radius 3 is 2.67 bits per heavy atom. The summed E-state index contributed by atoms with van der Waals surface area (Å²) in [6, 6.07) is 14.5. The number of carbonyl (C=O) groups is 1.